The first-order valence-corrected chi connectivity index (χ1v) is 21.3. The summed E-state index contributed by atoms with van der Waals surface area (Å²) in [5, 5.41) is 9.75. The normalized spacial score (nSPS) is 23.5. The van der Waals surface area contributed by atoms with Crippen LogP contribution in [0.1, 0.15) is 51.6 Å². The van der Waals surface area contributed by atoms with Gasteiger partial charge in [-0.2, -0.15) is 0 Å². The lowest BCUT2D eigenvalue weighted by molar-refractivity contribution is -0.179. The minimum atomic E-state index is -1.94. The Morgan fingerprint density at radius 2 is 1.42 bits per heavy atom. The van der Waals surface area contributed by atoms with Crippen molar-refractivity contribution in [2.75, 3.05) is 59.2 Å². The molecule has 4 aliphatic rings. The van der Waals surface area contributed by atoms with Crippen molar-refractivity contribution < 1.29 is 52.7 Å². The van der Waals surface area contributed by atoms with Crippen molar-refractivity contribution in [1.82, 2.24) is 9.80 Å². The SMILES string of the molecule is COCCOC(=O)N1C(=O)[C@@]2(c3ccccc31)[C@H](C(=O)N1CCc3cc(OC)c(OC)cc3C1)[C@H]1C(=O)O[C@H](c3ccccc3)[C@H](c3ccccc3)N1[C@@H]2c1cccc(OCCO)c1. The Bertz CT molecular complexity index is 2560. The van der Waals surface area contributed by atoms with E-state index in [9.17, 15) is 9.90 Å². The van der Waals surface area contributed by atoms with Crippen molar-refractivity contribution in [3.63, 3.8) is 0 Å². The molecule has 14 nitrogen and oxygen atoms in total. The summed E-state index contributed by atoms with van der Waals surface area (Å²) >= 11 is 0. The van der Waals surface area contributed by atoms with E-state index in [1.165, 1.54) is 7.11 Å². The zero-order valence-electron chi connectivity index (χ0n) is 35.8. The van der Waals surface area contributed by atoms with Gasteiger partial charge in [0, 0.05) is 20.2 Å². The van der Waals surface area contributed by atoms with E-state index in [2.05, 4.69) is 0 Å². The highest BCUT2D eigenvalue weighted by Gasteiger charge is 2.76. The number of hydrogen-bond acceptors (Lipinski definition) is 12. The minimum Gasteiger partial charge on any atom is -0.493 e. The molecule has 4 aliphatic heterocycles. The number of amides is 3. The van der Waals surface area contributed by atoms with Gasteiger partial charge in [-0.3, -0.25) is 19.3 Å². The molecular formula is C50H49N3O11. The number of carbonyl (C=O) groups is 4. The molecule has 9 rings (SSSR count). The molecule has 6 atom stereocenters. The Balaban J connectivity index is 1.32. The molecule has 2 fully saturated rings. The number of imide groups is 1. The topological polar surface area (TPSA) is 154 Å². The first kappa shape index (κ1) is 42.6. The average molecular weight is 868 g/mol. The number of para-hydroxylation sites is 1. The van der Waals surface area contributed by atoms with Crippen LogP contribution in [0.15, 0.2) is 121 Å². The molecule has 1 spiro atoms. The molecule has 1 N–H and O–H groups in total. The van der Waals surface area contributed by atoms with Gasteiger partial charge in [-0.1, -0.05) is 91.0 Å². The molecule has 4 heterocycles. The first-order valence-electron chi connectivity index (χ1n) is 21.3. The van der Waals surface area contributed by atoms with Gasteiger partial charge < -0.3 is 38.4 Å². The summed E-state index contributed by atoms with van der Waals surface area (Å²) in [6, 6.07) is 33.6. The summed E-state index contributed by atoms with van der Waals surface area (Å²) in [5.41, 5.74) is 2.49. The highest BCUT2D eigenvalue weighted by atomic mass is 16.6. The number of benzene rings is 5. The molecule has 0 saturated carbocycles. The Morgan fingerprint density at radius 3 is 2.12 bits per heavy atom. The first-order chi connectivity index (χ1) is 31.3. The van der Waals surface area contributed by atoms with Crippen molar-refractivity contribution in [3.05, 3.63) is 155 Å². The van der Waals surface area contributed by atoms with Gasteiger partial charge in [0.2, 0.25) is 11.8 Å². The summed E-state index contributed by atoms with van der Waals surface area (Å²) in [7, 11) is 4.59. The molecule has 0 aliphatic carbocycles. The summed E-state index contributed by atoms with van der Waals surface area (Å²) in [6.07, 6.45) is -1.38. The van der Waals surface area contributed by atoms with Crippen LogP contribution in [0, 0.1) is 5.92 Å². The second-order valence-corrected chi connectivity index (χ2v) is 16.2. The van der Waals surface area contributed by atoms with Crippen LogP contribution in [-0.4, -0.2) is 99.1 Å². The second kappa shape index (κ2) is 17.8. The van der Waals surface area contributed by atoms with Crippen molar-refractivity contribution in [2.24, 2.45) is 5.92 Å². The third-order valence-electron chi connectivity index (χ3n) is 12.9. The van der Waals surface area contributed by atoms with Gasteiger partial charge >= 0.3 is 12.1 Å². The van der Waals surface area contributed by atoms with Crippen molar-refractivity contribution in [3.8, 4) is 17.2 Å². The van der Waals surface area contributed by atoms with E-state index < -0.39 is 59.4 Å². The van der Waals surface area contributed by atoms with Crippen LogP contribution < -0.4 is 19.1 Å². The number of ether oxygens (including phenoxy) is 6. The third kappa shape index (κ3) is 7.02. The van der Waals surface area contributed by atoms with Crippen LogP contribution in [0.5, 0.6) is 17.2 Å². The lowest BCUT2D eigenvalue weighted by atomic mass is 9.65. The highest BCUT2D eigenvalue weighted by Crippen LogP contribution is 2.66. The van der Waals surface area contributed by atoms with Gasteiger partial charge in [-0.25, -0.2) is 9.69 Å². The van der Waals surface area contributed by atoms with Gasteiger partial charge in [-0.05, 0) is 70.1 Å². The van der Waals surface area contributed by atoms with Gasteiger partial charge in [-0.15, -0.1) is 0 Å². The number of anilines is 1. The number of rotatable bonds is 12. The van der Waals surface area contributed by atoms with Crippen LogP contribution in [-0.2, 0) is 47.0 Å². The number of aliphatic hydroxyl groups is 1. The number of morpholine rings is 1. The fourth-order valence-corrected chi connectivity index (χ4v) is 10.3. The van der Waals surface area contributed by atoms with E-state index in [1.807, 2.05) is 83.8 Å². The summed E-state index contributed by atoms with van der Waals surface area (Å²) in [6.45, 7) is 0.106. The van der Waals surface area contributed by atoms with Gasteiger partial charge in [0.05, 0.1) is 51.1 Å². The molecule has 0 bridgehead atoms. The fraction of sp³-hybridized carbons (Fsp3) is 0.320. The summed E-state index contributed by atoms with van der Waals surface area (Å²) in [4.78, 5) is 66.8. The Labute approximate surface area is 370 Å². The zero-order chi connectivity index (χ0) is 44.5. The smallest absolute Gasteiger partial charge is 0.421 e. The van der Waals surface area contributed by atoms with E-state index >= 15 is 14.4 Å². The predicted octanol–water partition coefficient (Wildman–Crippen LogP) is 6.11. The largest absolute Gasteiger partial charge is 0.493 e. The highest BCUT2D eigenvalue weighted by molar-refractivity contribution is 6.23. The van der Waals surface area contributed by atoms with Crippen molar-refractivity contribution >= 4 is 29.6 Å². The monoisotopic (exact) mass is 867 g/mol. The molecule has 330 valence electrons. The van der Waals surface area contributed by atoms with Crippen LogP contribution in [0.4, 0.5) is 10.5 Å². The van der Waals surface area contributed by atoms with E-state index in [1.54, 1.807) is 61.6 Å². The van der Waals surface area contributed by atoms with Crippen LogP contribution in [0.25, 0.3) is 0 Å². The number of hydrogen-bond donors (Lipinski definition) is 1. The molecule has 0 unspecified atom stereocenters. The fourth-order valence-electron chi connectivity index (χ4n) is 10.3. The maximum atomic E-state index is 16.2. The maximum absolute atomic E-state index is 16.2. The van der Waals surface area contributed by atoms with Crippen LogP contribution >= 0.6 is 0 Å². The maximum Gasteiger partial charge on any atom is 0.421 e. The van der Waals surface area contributed by atoms with E-state index in [0.29, 0.717) is 40.4 Å². The van der Waals surface area contributed by atoms with E-state index in [4.69, 9.17) is 28.4 Å². The van der Waals surface area contributed by atoms with Gasteiger partial charge in [0.15, 0.2) is 11.5 Å². The van der Waals surface area contributed by atoms with Gasteiger partial charge in [0.1, 0.15) is 36.5 Å². The van der Waals surface area contributed by atoms with E-state index in [-0.39, 0.29) is 45.2 Å². The number of carbonyl (C=O) groups excluding carboxylic acids is 4. The average Bonchev–Trinajstić information content (AvgIpc) is 3.79. The molecular weight excluding hydrogens is 819 g/mol. The number of aliphatic hydroxyl groups excluding tert-OH is 1. The Morgan fingerprint density at radius 1 is 0.750 bits per heavy atom. The third-order valence-corrected chi connectivity index (χ3v) is 12.9. The summed E-state index contributed by atoms with van der Waals surface area (Å²) in [5.74, 6) is -1.87. The number of cyclic esters (lactones) is 1. The summed E-state index contributed by atoms with van der Waals surface area (Å²) < 4.78 is 34.7. The molecule has 5 aromatic carbocycles. The number of fused-ring (bicyclic) bond motifs is 4. The quantitative estimate of drug-likeness (QED) is 0.114. The lowest BCUT2D eigenvalue weighted by Gasteiger charge is -2.46. The molecule has 5 aromatic rings. The van der Waals surface area contributed by atoms with E-state index in [0.717, 1.165) is 21.6 Å². The molecule has 64 heavy (non-hydrogen) atoms. The van der Waals surface area contributed by atoms with Crippen LogP contribution in [0.2, 0.25) is 0 Å². The molecule has 0 radical (unpaired) electrons. The van der Waals surface area contributed by atoms with Gasteiger partial charge in [0.25, 0.3) is 0 Å². The molecule has 3 amide bonds. The minimum absolute atomic E-state index is 0.00227. The molecule has 14 heteroatoms. The number of methoxy groups -OCH3 is 3. The Hall–Kier alpha value is -6.74. The lowest BCUT2D eigenvalue weighted by Crippen LogP contribution is -2.57. The standard InChI is InChI=1S/C50H49N3O11/c1-59-25-26-63-49(58)52-38-20-11-10-19-37(38)50(48(52)57)41(46(55)51-22-21-33-28-39(60-2)40(61-3)29-35(33)30-51)43-47(56)64-44(32-15-8-5-9-16-32)42(31-13-6-4-7-14-31)53(43)45(50)34-17-12-18-36(27-34)62-24-23-54/h4-20,27-29,41-45,54H,21-26,30H2,1-3H3/t41-,42-,43-,44+,45+,50-/m0/s1. The molecule has 0 aromatic heterocycles. The van der Waals surface area contributed by atoms with Crippen molar-refractivity contribution in [1.29, 1.82) is 0 Å². The van der Waals surface area contributed by atoms with Crippen LogP contribution in [0.3, 0.4) is 0 Å². The number of esters is 1. The zero-order valence-corrected chi connectivity index (χ0v) is 35.8. The molecule has 2 saturated heterocycles. The second-order valence-electron chi connectivity index (χ2n) is 16.2. The Kier molecular flexibility index (Phi) is 11.8. The van der Waals surface area contributed by atoms with Crippen molar-refractivity contribution in [2.45, 2.75) is 42.6 Å². The predicted molar refractivity (Wildman–Crippen MR) is 233 cm³/mol. The number of nitrogens with zero attached hydrogens (tertiary/aromatic N) is 3.